The molecule has 1 aromatic carbocycles. The number of alkyl halides is 3. The van der Waals surface area contributed by atoms with E-state index in [0.717, 1.165) is 12.0 Å². The van der Waals surface area contributed by atoms with Gasteiger partial charge in [-0.3, -0.25) is 9.69 Å². The van der Waals surface area contributed by atoms with Gasteiger partial charge in [0.1, 0.15) is 17.5 Å². The van der Waals surface area contributed by atoms with Crippen molar-refractivity contribution in [3.8, 4) is 6.07 Å². The van der Waals surface area contributed by atoms with E-state index in [2.05, 4.69) is 4.74 Å². The summed E-state index contributed by atoms with van der Waals surface area (Å²) in [5.74, 6) is -2.29. The molecule has 2 N–H and O–H groups in total. The molecule has 0 radical (unpaired) electrons. The Hall–Kier alpha value is -2.37. The molecule has 1 aliphatic heterocycles. The number of ether oxygens (including phenoxy) is 1. The summed E-state index contributed by atoms with van der Waals surface area (Å²) in [4.78, 5) is 13.2. The smallest absolute Gasteiger partial charge is 0.413 e. The summed E-state index contributed by atoms with van der Waals surface area (Å²) in [6.07, 6.45) is -4.58. The van der Waals surface area contributed by atoms with Gasteiger partial charge >= 0.3 is 12.1 Å². The SMILES string of the molecule is COC(=O)C1(C(F)(F)F)C=C(C)N(c2c(Cl)cccc2Cl)C(N)=C1C#N. The molecule has 1 unspecified atom stereocenters. The first kappa shape index (κ1) is 19.9. The molecule has 138 valence electrons. The van der Waals surface area contributed by atoms with Gasteiger partial charge in [0.15, 0.2) is 0 Å². The summed E-state index contributed by atoms with van der Waals surface area (Å²) in [6.45, 7) is 1.28. The fourth-order valence-electron chi connectivity index (χ4n) is 2.76. The van der Waals surface area contributed by atoms with E-state index in [4.69, 9.17) is 28.9 Å². The number of nitrogens with zero attached hydrogens (tertiary/aromatic N) is 2. The molecule has 10 heteroatoms. The van der Waals surface area contributed by atoms with Crippen molar-refractivity contribution >= 4 is 34.9 Å². The van der Waals surface area contributed by atoms with Crippen LogP contribution < -0.4 is 10.6 Å². The number of allylic oxidation sites excluding steroid dienone is 1. The van der Waals surface area contributed by atoms with E-state index in [1.165, 1.54) is 31.2 Å². The topological polar surface area (TPSA) is 79.3 Å². The van der Waals surface area contributed by atoms with E-state index >= 15 is 0 Å². The summed E-state index contributed by atoms with van der Waals surface area (Å²) < 4.78 is 45.9. The quantitative estimate of drug-likeness (QED) is 0.748. The standard InChI is InChI=1S/C16H12Cl2F3N3O2/c1-8-6-15(14(25)26-2,16(19,20)21)9(7-22)13(23)24(8)12-10(17)4-3-5-11(12)18/h3-6H,23H2,1-2H3. The van der Waals surface area contributed by atoms with Crippen molar-refractivity contribution in [1.29, 1.82) is 5.26 Å². The van der Waals surface area contributed by atoms with Crippen molar-refractivity contribution in [3.63, 3.8) is 0 Å². The maximum atomic E-state index is 13.8. The minimum Gasteiger partial charge on any atom is -0.468 e. The molecule has 0 saturated carbocycles. The third-order valence-corrected chi connectivity index (χ3v) is 4.51. The van der Waals surface area contributed by atoms with Crippen molar-refractivity contribution in [1.82, 2.24) is 0 Å². The maximum Gasteiger partial charge on any atom is 0.413 e. The van der Waals surface area contributed by atoms with E-state index in [-0.39, 0.29) is 21.4 Å². The van der Waals surface area contributed by atoms with Crippen LogP contribution in [-0.4, -0.2) is 19.3 Å². The minimum absolute atomic E-state index is 0.0930. The first-order valence-electron chi connectivity index (χ1n) is 7.02. The maximum absolute atomic E-state index is 13.8. The molecule has 0 aromatic heterocycles. The van der Waals surface area contributed by atoms with Crippen LogP contribution in [0.25, 0.3) is 0 Å². The zero-order valence-electron chi connectivity index (χ0n) is 13.5. The molecule has 26 heavy (non-hydrogen) atoms. The Morgan fingerprint density at radius 2 is 1.88 bits per heavy atom. The van der Waals surface area contributed by atoms with Crippen LogP contribution in [-0.2, 0) is 9.53 Å². The molecule has 1 heterocycles. The fourth-order valence-corrected chi connectivity index (χ4v) is 3.33. The van der Waals surface area contributed by atoms with Crippen molar-refractivity contribution in [3.05, 3.63) is 51.4 Å². The number of rotatable bonds is 2. The van der Waals surface area contributed by atoms with Crippen LogP contribution in [0.3, 0.4) is 0 Å². The molecule has 0 fully saturated rings. The van der Waals surface area contributed by atoms with Crippen LogP contribution in [0.2, 0.25) is 10.0 Å². The fraction of sp³-hybridized carbons (Fsp3) is 0.250. The van der Waals surface area contributed by atoms with Crippen LogP contribution in [0.4, 0.5) is 18.9 Å². The van der Waals surface area contributed by atoms with E-state index < -0.39 is 29.0 Å². The van der Waals surface area contributed by atoms with Gasteiger partial charge in [0.2, 0.25) is 5.41 Å². The van der Waals surface area contributed by atoms with Crippen LogP contribution >= 0.6 is 23.2 Å². The van der Waals surface area contributed by atoms with Crippen molar-refractivity contribution < 1.29 is 22.7 Å². The lowest BCUT2D eigenvalue weighted by Crippen LogP contribution is -2.51. The third-order valence-electron chi connectivity index (χ3n) is 3.90. The van der Waals surface area contributed by atoms with E-state index in [0.29, 0.717) is 6.08 Å². The Morgan fingerprint density at radius 1 is 1.35 bits per heavy atom. The largest absolute Gasteiger partial charge is 0.468 e. The number of methoxy groups -OCH3 is 1. The molecule has 5 nitrogen and oxygen atoms in total. The van der Waals surface area contributed by atoms with Crippen LogP contribution in [0.1, 0.15) is 6.92 Å². The van der Waals surface area contributed by atoms with Gasteiger partial charge in [-0.25, -0.2) is 0 Å². The molecule has 0 amide bonds. The number of nitriles is 1. The number of carbonyl (C=O) groups excluding carboxylic acids is 1. The minimum atomic E-state index is -5.16. The number of hydrogen-bond donors (Lipinski definition) is 1. The van der Waals surface area contributed by atoms with E-state index in [9.17, 15) is 23.2 Å². The summed E-state index contributed by atoms with van der Waals surface area (Å²) in [5.41, 5.74) is 1.52. The predicted molar refractivity (Wildman–Crippen MR) is 90.0 cm³/mol. The van der Waals surface area contributed by atoms with Gasteiger partial charge in [-0.2, -0.15) is 18.4 Å². The number of para-hydroxylation sites is 1. The van der Waals surface area contributed by atoms with Gasteiger partial charge in [0.05, 0.1) is 22.8 Å². The Kier molecular flexibility index (Phi) is 5.17. The summed E-state index contributed by atoms with van der Waals surface area (Å²) in [5, 5.41) is 9.58. The average Bonchev–Trinajstić information content (AvgIpc) is 2.54. The van der Waals surface area contributed by atoms with Crippen molar-refractivity contribution in [2.24, 2.45) is 11.1 Å². The Morgan fingerprint density at radius 3 is 2.31 bits per heavy atom. The lowest BCUT2D eigenvalue weighted by atomic mass is 9.76. The number of benzene rings is 1. The normalized spacial score (nSPS) is 20.5. The van der Waals surface area contributed by atoms with Gasteiger partial charge in [0.25, 0.3) is 0 Å². The number of nitrogens with two attached hydrogens (primary N) is 1. The van der Waals surface area contributed by atoms with E-state index in [1.807, 2.05) is 0 Å². The predicted octanol–water partition coefficient (Wildman–Crippen LogP) is 4.13. The molecule has 0 aliphatic carbocycles. The highest BCUT2D eigenvalue weighted by Gasteiger charge is 2.65. The second-order valence-electron chi connectivity index (χ2n) is 5.36. The highest BCUT2D eigenvalue weighted by molar-refractivity contribution is 6.39. The van der Waals surface area contributed by atoms with Gasteiger partial charge < -0.3 is 10.5 Å². The zero-order valence-corrected chi connectivity index (χ0v) is 15.0. The monoisotopic (exact) mass is 405 g/mol. The van der Waals surface area contributed by atoms with Crippen LogP contribution in [0.5, 0.6) is 0 Å². The molecule has 0 spiro atoms. The Balaban J connectivity index is 2.86. The lowest BCUT2D eigenvalue weighted by Gasteiger charge is -2.39. The molecule has 0 bridgehead atoms. The summed E-state index contributed by atoms with van der Waals surface area (Å²) in [7, 11) is 0.793. The van der Waals surface area contributed by atoms with E-state index in [1.54, 1.807) is 0 Å². The number of hydrogen-bond acceptors (Lipinski definition) is 5. The van der Waals surface area contributed by atoms with Gasteiger partial charge in [-0.15, -0.1) is 0 Å². The second-order valence-corrected chi connectivity index (χ2v) is 6.18. The van der Waals surface area contributed by atoms with Crippen LogP contribution in [0, 0.1) is 16.7 Å². The lowest BCUT2D eigenvalue weighted by molar-refractivity contribution is -0.209. The number of esters is 1. The first-order valence-corrected chi connectivity index (χ1v) is 7.77. The molecule has 1 aromatic rings. The number of halogens is 5. The second kappa shape index (κ2) is 6.74. The molecule has 1 aliphatic rings. The third kappa shape index (κ3) is 2.77. The average molecular weight is 406 g/mol. The molecule has 1 atom stereocenters. The summed E-state index contributed by atoms with van der Waals surface area (Å²) in [6, 6.07) is 5.84. The van der Waals surface area contributed by atoms with Crippen LogP contribution in [0.15, 0.2) is 41.4 Å². The molecular formula is C16H12Cl2F3N3O2. The summed E-state index contributed by atoms with van der Waals surface area (Å²) >= 11 is 12.2. The zero-order chi connectivity index (χ0) is 19.9. The number of anilines is 1. The first-order chi connectivity index (χ1) is 12.0. The van der Waals surface area contributed by atoms with Gasteiger partial charge in [0, 0.05) is 5.70 Å². The van der Waals surface area contributed by atoms with Crippen molar-refractivity contribution in [2.45, 2.75) is 13.1 Å². The molecule has 2 rings (SSSR count). The highest BCUT2D eigenvalue weighted by atomic mass is 35.5. The highest BCUT2D eigenvalue weighted by Crippen LogP contribution is 2.52. The Labute approximate surface area is 157 Å². The molecular weight excluding hydrogens is 394 g/mol. The van der Waals surface area contributed by atoms with Gasteiger partial charge in [-0.05, 0) is 25.1 Å². The van der Waals surface area contributed by atoms with Crippen molar-refractivity contribution in [2.75, 3.05) is 12.0 Å². The molecule has 0 saturated heterocycles. The van der Waals surface area contributed by atoms with Gasteiger partial charge in [-0.1, -0.05) is 29.3 Å². The Bertz CT molecular complexity index is 854. The number of carbonyl (C=O) groups is 1.